The first kappa shape index (κ1) is 20.1. The number of rotatable bonds is 9. The highest BCUT2D eigenvalue weighted by Gasteiger charge is 2.43. The van der Waals surface area contributed by atoms with Crippen molar-refractivity contribution in [2.24, 2.45) is 5.92 Å². The van der Waals surface area contributed by atoms with Gasteiger partial charge in [0.2, 0.25) is 5.91 Å². The van der Waals surface area contributed by atoms with Crippen LogP contribution in [-0.4, -0.2) is 83.8 Å². The number of morpholine rings is 1. The molecule has 4 rings (SSSR count). The van der Waals surface area contributed by atoms with Crippen molar-refractivity contribution < 1.29 is 19.4 Å². The number of hydrogen-bond donors (Lipinski definition) is 2. The Balaban J connectivity index is 1.25. The Hall–Kier alpha value is -1.18. The minimum atomic E-state index is -0.748. The van der Waals surface area contributed by atoms with Crippen LogP contribution in [0.25, 0.3) is 0 Å². The van der Waals surface area contributed by atoms with Gasteiger partial charge in [0.25, 0.3) is 0 Å². The highest BCUT2D eigenvalue weighted by atomic mass is 16.5. The average Bonchev–Trinajstić information content (AvgIpc) is 3.33. The lowest BCUT2D eigenvalue weighted by atomic mass is 9.84. The van der Waals surface area contributed by atoms with E-state index in [9.17, 15) is 14.7 Å². The Kier molecular flexibility index (Phi) is 6.23. The zero-order valence-corrected chi connectivity index (χ0v) is 16.9. The summed E-state index contributed by atoms with van der Waals surface area (Å²) < 4.78 is 5.51. The van der Waals surface area contributed by atoms with Crippen LogP contribution >= 0.6 is 0 Å². The van der Waals surface area contributed by atoms with Crippen LogP contribution < -0.4 is 5.32 Å². The molecule has 28 heavy (non-hydrogen) atoms. The second kappa shape index (κ2) is 8.67. The molecule has 0 aromatic carbocycles. The van der Waals surface area contributed by atoms with E-state index in [1.807, 2.05) is 0 Å². The Bertz CT molecular complexity index is 562. The van der Waals surface area contributed by atoms with Gasteiger partial charge in [0.15, 0.2) is 0 Å². The van der Waals surface area contributed by atoms with Gasteiger partial charge in [-0.3, -0.25) is 19.4 Å². The SMILES string of the molecule is O=C(O)CN(CC1CC1)C1CC(NC(=O)CC2(N3CCOCC3)CCCC2)C1. The molecule has 0 spiro atoms. The van der Waals surface area contributed by atoms with E-state index in [0.717, 1.165) is 58.5 Å². The largest absolute Gasteiger partial charge is 0.480 e. The number of nitrogens with zero attached hydrogens (tertiary/aromatic N) is 2. The van der Waals surface area contributed by atoms with Gasteiger partial charge in [-0.1, -0.05) is 12.8 Å². The summed E-state index contributed by atoms with van der Waals surface area (Å²) >= 11 is 0. The van der Waals surface area contributed by atoms with E-state index in [4.69, 9.17) is 4.74 Å². The standard InChI is InChI=1S/C21H35N3O4/c25-19(13-21(5-1-2-6-21)24-7-9-28-10-8-24)22-17-11-18(12-17)23(15-20(26)27)14-16-3-4-16/h16-18H,1-15H2,(H,22,25)(H,26,27). The van der Waals surface area contributed by atoms with Crippen LogP contribution in [0.2, 0.25) is 0 Å². The van der Waals surface area contributed by atoms with Crippen LogP contribution in [0.15, 0.2) is 0 Å². The number of carbonyl (C=O) groups excluding carboxylic acids is 1. The van der Waals surface area contributed by atoms with Crippen molar-refractivity contribution in [2.75, 3.05) is 39.4 Å². The number of amides is 1. The van der Waals surface area contributed by atoms with Gasteiger partial charge in [-0.2, -0.15) is 0 Å². The third-order valence-corrected chi connectivity index (χ3v) is 7.23. The topological polar surface area (TPSA) is 82.1 Å². The highest BCUT2D eigenvalue weighted by molar-refractivity contribution is 5.77. The fourth-order valence-corrected chi connectivity index (χ4v) is 5.41. The van der Waals surface area contributed by atoms with E-state index in [-0.39, 0.29) is 24.0 Å². The maximum absolute atomic E-state index is 12.8. The second-order valence-electron chi connectivity index (χ2n) is 9.36. The number of ether oxygens (including phenoxy) is 1. The van der Waals surface area contributed by atoms with Crippen LogP contribution in [0.4, 0.5) is 0 Å². The molecule has 0 radical (unpaired) electrons. The molecule has 3 saturated carbocycles. The first-order valence-corrected chi connectivity index (χ1v) is 11.1. The molecule has 1 aliphatic heterocycles. The lowest BCUT2D eigenvalue weighted by molar-refractivity contribution is -0.140. The van der Waals surface area contributed by atoms with Crippen molar-refractivity contribution in [2.45, 2.75) is 75.4 Å². The van der Waals surface area contributed by atoms with Crippen LogP contribution in [0.3, 0.4) is 0 Å². The predicted octanol–water partition coefficient (Wildman–Crippen LogP) is 1.47. The summed E-state index contributed by atoms with van der Waals surface area (Å²) in [5.74, 6) is 0.106. The van der Waals surface area contributed by atoms with E-state index in [2.05, 4.69) is 15.1 Å². The average molecular weight is 394 g/mol. The van der Waals surface area contributed by atoms with Crippen LogP contribution in [-0.2, 0) is 14.3 Å². The second-order valence-corrected chi connectivity index (χ2v) is 9.36. The molecule has 1 saturated heterocycles. The van der Waals surface area contributed by atoms with Gasteiger partial charge in [0.05, 0.1) is 19.8 Å². The summed E-state index contributed by atoms with van der Waals surface area (Å²) in [7, 11) is 0. The van der Waals surface area contributed by atoms with Crippen molar-refractivity contribution in [1.82, 2.24) is 15.1 Å². The van der Waals surface area contributed by atoms with E-state index in [1.54, 1.807) is 0 Å². The summed E-state index contributed by atoms with van der Waals surface area (Å²) in [6.07, 6.45) is 9.47. The molecule has 3 aliphatic carbocycles. The van der Waals surface area contributed by atoms with Gasteiger partial charge >= 0.3 is 5.97 Å². The molecule has 1 amide bonds. The Morgan fingerprint density at radius 1 is 1.14 bits per heavy atom. The summed E-state index contributed by atoms with van der Waals surface area (Å²) in [6.45, 7) is 4.44. The third-order valence-electron chi connectivity index (χ3n) is 7.23. The smallest absolute Gasteiger partial charge is 0.317 e. The number of aliphatic carboxylic acids is 1. The van der Waals surface area contributed by atoms with Gasteiger partial charge in [0, 0.05) is 43.7 Å². The van der Waals surface area contributed by atoms with Gasteiger partial charge < -0.3 is 15.2 Å². The number of hydrogen-bond acceptors (Lipinski definition) is 5. The first-order chi connectivity index (χ1) is 13.5. The van der Waals surface area contributed by atoms with Crippen LogP contribution in [0, 0.1) is 5.92 Å². The monoisotopic (exact) mass is 393 g/mol. The number of nitrogens with one attached hydrogen (secondary N) is 1. The molecule has 0 unspecified atom stereocenters. The van der Waals surface area contributed by atoms with Crippen molar-refractivity contribution in [3.05, 3.63) is 0 Å². The molecule has 7 nitrogen and oxygen atoms in total. The molecule has 1 heterocycles. The minimum Gasteiger partial charge on any atom is -0.480 e. The molecular formula is C21H35N3O4. The fourth-order valence-electron chi connectivity index (χ4n) is 5.41. The van der Waals surface area contributed by atoms with Gasteiger partial charge in [-0.15, -0.1) is 0 Å². The fraction of sp³-hybridized carbons (Fsp3) is 0.905. The summed E-state index contributed by atoms with van der Waals surface area (Å²) in [4.78, 5) is 28.6. The first-order valence-electron chi connectivity index (χ1n) is 11.1. The van der Waals surface area contributed by atoms with Gasteiger partial charge in [0.1, 0.15) is 0 Å². The Morgan fingerprint density at radius 3 is 2.43 bits per heavy atom. The molecule has 0 atom stereocenters. The van der Waals surface area contributed by atoms with Crippen molar-refractivity contribution in [3.63, 3.8) is 0 Å². The molecule has 4 fully saturated rings. The van der Waals surface area contributed by atoms with E-state index in [1.165, 1.54) is 25.7 Å². The highest BCUT2D eigenvalue weighted by Crippen LogP contribution is 2.39. The summed E-state index contributed by atoms with van der Waals surface area (Å²) in [6, 6.07) is 0.512. The third kappa shape index (κ3) is 4.86. The molecule has 7 heteroatoms. The zero-order chi connectivity index (χ0) is 19.6. The number of carbonyl (C=O) groups is 2. The lowest BCUT2D eigenvalue weighted by Crippen LogP contribution is -2.57. The number of carboxylic acids is 1. The van der Waals surface area contributed by atoms with Crippen LogP contribution in [0.1, 0.15) is 57.8 Å². The molecule has 0 aromatic rings. The van der Waals surface area contributed by atoms with Crippen molar-refractivity contribution >= 4 is 11.9 Å². The van der Waals surface area contributed by atoms with E-state index in [0.29, 0.717) is 18.4 Å². The molecular weight excluding hydrogens is 358 g/mol. The number of carboxylic acid groups (broad SMARTS) is 1. The molecule has 2 N–H and O–H groups in total. The summed E-state index contributed by atoms with van der Waals surface area (Å²) in [5, 5.41) is 12.4. The predicted molar refractivity (Wildman–Crippen MR) is 105 cm³/mol. The summed E-state index contributed by atoms with van der Waals surface area (Å²) in [5.41, 5.74) is 0.0261. The van der Waals surface area contributed by atoms with Crippen molar-refractivity contribution in [1.29, 1.82) is 0 Å². The molecule has 0 bridgehead atoms. The maximum atomic E-state index is 12.8. The molecule has 158 valence electrons. The minimum absolute atomic E-state index is 0.0261. The van der Waals surface area contributed by atoms with Crippen molar-refractivity contribution in [3.8, 4) is 0 Å². The molecule has 0 aromatic heterocycles. The van der Waals surface area contributed by atoms with E-state index < -0.39 is 5.97 Å². The van der Waals surface area contributed by atoms with Gasteiger partial charge in [-0.05, 0) is 44.4 Å². The quantitative estimate of drug-likeness (QED) is 0.617. The zero-order valence-electron chi connectivity index (χ0n) is 16.9. The van der Waals surface area contributed by atoms with Crippen LogP contribution in [0.5, 0.6) is 0 Å². The Morgan fingerprint density at radius 2 is 1.82 bits per heavy atom. The lowest BCUT2D eigenvalue weighted by Gasteiger charge is -2.45. The molecule has 4 aliphatic rings. The Labute approximate surface area is 167 Å². The normalized spacial score (nSPS) is 30.2. The maximum Gasteiger partial charge on any atom is 0.317 e. The van der Waals surface area contributed by atoms with Gasteiger partial charge in [-0.25, -0.2) is 0 Å². The van der Waals surface area contributed by atoms with E-state index >= 15 is 0 Å².